The van der Waals surface area contributed by atoms with Crippen LogP contribution in [0.1, 0.15) is 35.3 Å². The van der Waals surface area contributed by atoms with Gasteiger partial charge in [-0.2, -0.15) is 0 Å². The number of hydrogen-bond donors (Lipinski definition) is 1. The van der Waals surface area contributed by atoms with E-state index in [9.17, 15) is 9.59 Å². The van der Waals surface area contributed by atoms with Crippen LogP contribution in [0, 0.1) is 13.8 Å². The maximum Gasteiger partial charge on any atom is 0.254 e. The molecule has 0 aliphatic heterocycles. The number of nitrogens with one attached hydrogen (secondary N) is 1. The van der Waals surface area contributed by atoms with Crippen LogP contribution in [0.25, 0.3) is 0 Å². The van der Waals surface area contributed by atoms with Crippen LogP contribution in [0.4, 0.5) is 11.4 Å². The molecule has 0 heterocycles. The number of carbonyl (C=O) groups excluding carboxylic acids is 2. The lowest BCUT2D eigenvalue weighted by molar-refractivity contribution is -0.116. The Morgan fingerprint density at radius 2 is 1.48 bits per heavy atom. The van der Waals surface area contributed by atoms with Crippen molar-refractivity contribution in [2.45, 2.75) is 27.7 Å². The van der Waals surface area contributed by atoms with E-state index in [1.807, 2.05) is 56.3 Å². The van der Waals surface area contributed by atoms with Gasteiger partial charge in [-0.15, -0.1) is 0 Å². The molecule has 5 heteroatoms. The number of benzene rings is 2. The number of carbonyl (C=O) groups is 2. The van der Waals surface area contributed by atoms with E-state index in [1.165, 1.54) is 4.90 Å². The fourth-order valence-electron chi connectivity index (χ4n) is 3.10. The normalized spacial score (nSPS) is 10.4. The molecule has 27 heavy (non-hydrogen) atoms. The van der Waals surface area contributed by atoms with E-state index in [2.05, 4.69) is 24.1 Å². The standard InChI is InChI=1S/C22H29N3O2/c1-6-25(7-2)19-13-11-18(12-14-19)22(27)24(5)15-20(26)23-21-16(3)9-8-10-17(21)4/h8-14H,6-7,15H2,1-5H3,(H,23,26). The van der Waals surface area contributed by atoms with Gasteiger partial charge in [0.05, 0.1) is 6.54 Å². The maximum absolute atomic E-state index is 12.6. The molecule has 0 radical (unpaired) electrons. The summed E-state index contributed by atoms with van der Waals surface area (Å²) in [4.78, 5) is 28.6. The first-order chi connectivity index (χ1) is 12.9. The van der Waals surface area contributed by atoms with E-state index >= 15 is 0 Å². The van der Waals surface area contributed by atoms with Crippen molar-refractivity contribution in [1.82, 2.24) is 4.90 Å². The molecule has 0 spiro atoms. The fraction of sp³-hybridized carbons (Fsp3) is 0.364. The van der Waals surface area contributed by atoms with Crippen molar-refractivity contribution in [2.24, 2.45) is 0 Å². The van der Waals surface area contributed by atoms with Gasteiger partial charge in [-0.1, -0.05) is 18.2 Å². The molecule has 0 aromatic heterocycles. The van der Waals surface area contributed by atoms with Crippen LogP contribution in [0.3, 0.4) is 0 Å². The van der Waals surface area contributed by atoms with Crippen molar-refractivity contribution in [2.75, 3.05) is 36.9 Å². The number of nitrogens with zero attached hydrogens (tertiary/aromatic N) is 2. The van der Waals surface area contributed by atoms with E-state index < -0.39 is 0 Å². The number of amides is 2. The van der Waals surface area contributed by atoms with Crippen LogP contribution < -0.4 is 10.2 Å². The summed E-state index contributed by atoms with van der Waals surface area (Å²) in [5.41, 5.74) is 4.49. The third-order valence-electron chi connectivity index (χ3n) is 4.72. The molecule has 5 nitrogen and oxygen atoms in total. The smallest absolute Gasteiger partial charge is 0.254 e. The second kappa shape index (κ2) is 9.21. The SMILES string of the molecule is CCN(CC)c1ccc(C(=O)N(C)CC(=O)Nc2c(C)cccc2C)cc1. The number of para-hydroxylation sites is 1. The van der Waals surface area contributed by atoms with Gasteiger partial charge in [0.2, 0.25) is 5.91 Å². The maximum atomic E-state index is 12.6. The van der Waals surface area contributed by atoms with Crippen molar-refractivity contribution in [3.63, 3.8) is 0 Å². The molecule has 2 rings (SSSR count). The highest BCUT2D eigenvalue weighted by molar-refractivity contribution is 5.99. The minimum absolute atomic E-state index is 0.00437. The molecule has 0 bridgehead atoms. The van der Waals surface area contributed by atoms with Gasteiger partial charge in [0.25, 0.3) is 5.91 Å². The highest BCUT2D eigenvalue weighted by atomic mass is 16.2. The Labute approximate surface area is 162 Å². The first kappa shape index (κ1) is 20.5. The van der Waals surface area contributed by atoms with Crippen molar-refractivity contribution in [3.05, 3.63) is 59.2 Å². The molecule has 0 atom stereocenters. The second-order valence-electron chi connectivity index (χ2n) is 6.70. The minimum atomic E-state index is -0.206. The molecular formula is C22H29N3O2. The Kier molecular flexibility index (Phi) is 6.99. The molecule has 0 saturated heterocycles. The highest BCUT2D eigenvalue weighted by Gasteiger charge is 2.16. The molecule has 2 aromatic carbocycles. The largest absolute Gasteiger partial charge is 0.372 e. The summed E-state index contributed by atoms with van der Waals surface area (Å²) in [5.74, 6) is -0.374. The van der Waals surface area contributed by atoms with E-state index in [1.54, 1.807) is 7.05 Å². The monoisotopic (exact) mass is 367 g/mol. The molecular weight excluding hydrogens is 338 g/mol. The first-order valence-corrected chi connectivity index (χ1v) is 9.33. The first-order valence-electron chi connectivity index (χ1n) is 9.33. The average molecular weight is 367 g/mol. The Bertz CT molecular complexity index is 775. The van der Waals surface area contributed by atoms with Crippen molar-refractivity contribution < 1.29 is 9.59 Å². The van der Waals surface area contributed by atoms with E-state index in [0.717, 1.165) is 35.6 Å². The van der Waals surface area contributed by atoms with Crippen LogP contribution in [0.2, 0.25) is 0 Å². The van der Waals surface area contributed by atoms with Gasteiger partial charge in [0, 0.05) is 37.1 Å². The summed E-state index contributed by atoms with van der Waals surface area (Å²) < 4.78 is 0. The molecule has 2 amide bonds. The van der Waals surface area contributed by atoms with Gasteiger partial charge in [-0.25, -0.2) is 0 Å². The Morgan fingerprint density at radius 3 is 2.00 bits per heavy atom. The number of hydrogen-bond acceptors (Lipinski definition) is 3. The van der Waals surface area contributed by atoms with E-state index in [0.29, 0.717) is 5.56 Å². The third kappa shape index (κ3) is 5.09. The number of likely N-dealkylation sites (N-methyl/N-ethyl adjacent to an activating group) is 1. The number of rotatable bonds is 7. The van der Waals surface area contributed by atoms with Crippen molar-refractivity contribution >= 4 is 23.2 Å². The zero-order valence-electron chi connectivity index (χ0n) is 16.9. The summed E-state index contributed by atoms with van der Waals surface area (Å²) >= 11 is 0. The minimum Gasteiger partial charge on any atom is -0.372 e. The summed E-state index contributed by atoms with van der Waals surface area (Å²) in [5, 5.41) is 2.92. The fourth-order valence-corrected chi connectivity index (χ4v) is 3.10. The van der Waals surface area contributed by atoms with Crippen LogP contribution in [0.5, 0.6) is 0 Å². The van der Waals surface area contributed by atoms with Crippen LogP contribution in [-0.4, -0.2) is 43.4 Å². The lowest BCUT2D eigenvalue weighted by Crippen LogP contribution is -2.35. The number of aryl methyl sites for hydroxylation is 2. The zero-order valence-corrected chi connectivity index (χ0v) is 16.9. The summed E-state index contributed by atoms with van der Waals surface area (Å²) in [6.45, 7) is 9.95. The zero-order chi connectivity index (χ0) is 20.0. The second-order valence-corrected chi connectivity index (χ2v) is 6.70. The third-order valence-corrected chi connectivity index (χ3v) is 4.72. The molecule has 0 aliphatic rings. The summed E-state index contributed by atoms with van der Waals surface area (Å²) in [6, 6.07) is 13.4. The quantitative estimate of drug-likeness (QED) is 0.808. The van der Waals surface area contributed by atoms with Crippen LogP contribution >= 0.6 is 0 Å². The molecule has 0 aliphatic carbocycles. The van der Waals surface area contributed by atoms with Gasteiger partial charge in [0.15, 0.2) is 0 Å². The highest BCUT2D eigenvalue weighted by Crippen LogP contribution is 2.19. The Hall–Kier alpha value is -2.82. The van der Waals surface area contributed by atoms with Gasteiger partial charge >= 0.3 is 0 Å². The Balaban J connectivity index is 2.01. The molecule has 1 N–H and O–H groups in total. The predicted molar refractivity (Wildman–Crippen MR) is 112 cm³/mol. The van der Waals surface area contributed by atoms with Gasteiger partial charge in [0.1, 0.15) is 0 Å². The molecule has 144 valence electrons. The summed E-state index contributed by atoms with van der Waals surface area (Å²) in [7, 11) is 1.64. The van der Waals surface area contributed by atoms with Crippen LogP contribution in [-0.2, 0) is 4.79 Å². The lowest BCUT2D eigenvalue weighted by atomic mass is 10.1. The molecule has 0 saturated carbocycles. The molecule has 0 unspecified atom stereocenters. The van der Waals surface area contributed by atoms with Crippen molar-refractivity contribution in [3.8, 4) is 0 Å². The molecule has 0 fully saturated rings. The van der Waals surface area contributed by atoms with Gasteiger partial charge in [-0.05, 0) is 63.1 Å². The predicted octanol–water partition coefficient (Wildman–Crippen LogP) is 3.86. The Morgan fingerprint density at radius 1 is 0.926 bits per heavy atom. The van der Waals surface area contributed by atoms with Crippen molar-refractivity contribution in [1.29, 1.82) is 0 Å². The average Bonchev–Trinajstić information content (AvgIpc) is 2.66. The number of anilines is 2. The van der Waals surface area contributed by atoms with E-state index in [-0.39, 0.29) is 18.4 Å². The summed E-state index contributed by atoms with van der Waals surface area (Å²) in [6.07, 6.45) is 0. The van der Waals surface area contributed by atoms with Crippen LogP contribution in [0.15, 0.2) is 42.5 Å². The van der Waals surface area contributed by atoms with Gasteiger partial charge in [-0.3, -0.25) is 9.59 Å². The topological polar surface area (TPSA) is 52.7 Å². The lowest BCUT2D eigenvalue weighted by Gasteiger charge is -2.22. The van der Waals surface area contributed by atoms with E-state index in [4.69, 9.17) is 0 Å². The molecule has 2 aromatic rings. The van der Waals surface area contributed by atoms with Gasteiger partial charge < -0.3 is 15.1 Å².